The van der Waals surface area contributed by atoms with Gasteiger partial charge in [0, 0.05) is 69.0 Å². The third-order valence-electron chi connectivity index (χ3n) is 7.26. The molecule has 2 saturated heterocycles. The van der Waals surface area contributed by atoms with Crippen LogP contribution in [0.1, 0.15) is 36.5 Å². The minimum atomic E-state index is -0.130. The van der Waals surface area contributed by atoms with Crippen LogP contribution in [0.2, 0.25) is 0 Å². The van der Waals surface area contributed by atoms with Crippen LogP contribution in [0.15, 0.2) is 67.3 Å². The summed E-state index contributed by atoms with van der Waals surface area (Å²) in [6, 6.07) is 12.4. The minimum absolute atomic E-state index is 0.130. The summed E-state index contributed by atoms with van der Waals surface area (Å²) in [6.45, 7) is 10.5. The number of amides is 1. The molecule has 0 spiro atoms. The Bertz CT molecular complexity index is 1300. The maximum absolute atomic E-state index is 13.6. The van der Waals surface area contributed by atoms with Crippen LogP contribution in [-0.4, -0.2) is 78.3 Å². The second kappa shape index (κ2) is 14.3. The van der Waals surface area contributed by atoms with E-state index in [0.717, 1.165) is 101 Å². The number of nitrogens with zero attached hydrogens (tertiary/aromatic N) is 4. The molecule has 3 aromatic rings. The summed E-state index contributed by atoms with van der Waals surface area (Å²) in [5.74, 6) is -0.130. The largest absolute Gasteiger partial charge is 0.379 e. The molecule has 1 amide bonds. The Morgan fingerprint density at radius 1 is 0.850 bits per heavy atom. The lowest BCUT2D eigenvalue weighted by Gasteiger charge is -2.26. The number of rotatable bonds is 10. The highest BCUT2D eigenvalue weighted by Gasteiger charge is 2.16. The van der Waals surface area contributed by atoms with Gasteiger partial charge in [-0.3, -0.25) is 24.6 Å². The zero-order chi connectivity index (χ0) is 27.6. The fourth-order valence-corrected chi connectivity index (χ4v) is 5.10. The van der Waals surface area contributed by atoms with Crippen molar-refractivity contribution in [3.63, 3.8) is 0 Å². The van der Waals surface area contributed by atoms with E-state index >= 15 is 0 Å². The van der Waals surface area contributed by atoms with Gasteiger partial charge in [0.15, 0.2) is 0 Å². The van der Waals surface area contributed by atoms with Gasteiger partial charge in [0.2, 0.25) is 0 Å². The van der Waals surface area contributed by atoms with E-state index in [0.29, 0.717) is 11.3 Å². The first-order chi connectivity index (χ1) is 19.7. The maximum atomic E-state index is 13.6. The Balaban J connectivity index is 1.32. The van der Waals surface area contributed by atoms with Gasteiger partial charge in [0.25, 0.3) is 5.91 Å². The summed E-state index contributed by atoms with van der Waals surface area (Å²) >= 11 is 0. The molecule has 0 bridgehead atoms. The van der Waals surface area contributed by atoms with Crippen molar-refractivity contribution in [1.82, 2.24) is 19.8 Å². The normalized spacial score (nSPS) is 17.1. The molecular formula is C32H39N5O3. The number of carbonyl (C=O) groups is 1. The highest BCUT2D eigenvalue weighted by Crippen LogP contribution is 2.26. The van der Waals surface area contributed by atoms with Crippen LogP contribution in [0.5, 0.6) is 0 Å². The molecule has 0 unspecified atom stereocenters. The highest BCUT2D eigenvalue weighted by molar-refractivity contribution is 6.25. The van der Waals surface area contributed by atoms with E-state index in [1.165, 1.54) is 5.56 Å². The molecule has 1 aromatic carbocycles. The molecule has 40 heavy (non-hydrogen) atoms. The predicted octanol–water partition coefficient (Wildman–Crippen LogP) is 4.63. The standard InChI is InChI=1S/C32H39N5O3/c1-2-3-7-31(32(38)35-30-17-26(20-34-22-30)24-37-10-14-40-15-11-37)28-6-4-5-27(18-28)29-16-25(19-33-21-29)23-36-8-12-39-13-9-36/h4-7,16-22H,2-3,8-15,23-24H2,1H3,(H,35,38)/b31-7+. The van der Waals surface area contributed by atoms with Crippen LogP contribution in [-0.2, 0) is 27.4 Å². The summed E-state index contributed by atoms with van der Waals surface area (Å²) in [5.41, 5.74) is 6.59. The molecule has 0 saturated carbocycles. The summed E-state index contributed by atoms with van der Waals surface area (Å²) in [5, 5.41) is 3.10. The quantitative estimate of drug-likeness (QED) is 0.375. The zero-order valence-electron chi connectivity index (χ0n) is 23.3. The number of pyridine rings is 2. The van der Waals surface area contributed by atoms with E-state index < -0.39 is 0 Å². The molecule has 2 fully saturated rings. The number of morpholine rings is 2. The number of nitrogens with one attached hydrogen (secondary N) is 1. The molecule has 5 rings (SSSR count). The monoisotopic (exact) mass is 541 g/mol. The Hall–Kier alpha value is -3.43. The van der Waals surface area contributed by atoms with E-state index in [1.54, 1.807) is 6.20 Å². The average Bonchev–Trinajstić information content (AvgIpc) is 2.99. The highest BCUT2D eigenvalue weighted by atomic mass is 16.5. The maximum Gasteiger partial charge on any atom is 0.255 e. The van der Waals surface area contributed by atoms with Crippen molar-refractivity contribution in [3.05, 3.63) is 84.0 Å². The molecular weight excluding hydrogens is 502 g/mol. The van der Waals surface area contributed by atoms with Gasteiger partial charge in [-0.2, -0.15) is 0 Å². The Morgan fingerprint density at radius 2 is 1.50 bits per heavy atom. The van der Waals surface area contributed by atoms with E-state index in [2.05, 4.69) is 50.2 Å². The first-order valence-corrected chi connectivity index (χ1v) is 14.3. The van der Waals surface area contributed by atoms with Gasteiger partial charge in [0.05, 0.1) is 38.3 Å². The molecule has 8 nitrogen and oxygen atoms in total. The molecule has 2 aliphatic heterocycles. The van der Waals surface area contributed by atoms with Crippen LogP contribution in [0.25, 0.3) is 16.7 Å². The van der Waals surface area contributed by atoms with Gasteiger partial charge in [-0.05, 0) is 46.9 Å². The summed E-state index contributed by atoms with van der Waals surface area (Å²) in [4.78, 5) is 27.2. The molecule has 1 N–H and O–H groups in total. The van der Waals surface area contributed by atoms with E-state index in [9.17, 15) is 4.79 Å². The third kappa shape index (κ3) is 7.82. The van der Waals surface area contributed by atoms with Crippen LogP contribution in [0.3, 0.4) is 0 Å². The number of ether oxygens (including phenoxy) is 2. The second-order valence-electron chi connectivity index (χ2n) is 10.4. The van der Waals surface area contributed by atoms with E-state index in [1.807, 2.05) is 42.9 Å². The molecule has 2 aromatic heterocycles. The number of unbranched alkanes of at least 4 members (excludes halogenated alkanes) is 1. The SMILES string of the molecule is CCC/C=C(/C(=O)Nc1cncc(CN2CCOCC2)c1)c1cccc(-c2cncc(CN3CCOCC3)c2)c1. The smallest absolute Gasteiger partial charge is 0.255 e. The topological polar surface area (TPSA) is 79.8 Å². The van der Waals surface area contributed by atoms with E-state index in [4.69, 9.17) is 9.47 Å². The fourth-order valence-electron chi connectivity index (χ4n) is 5.10. The van der Waals surface area contributed by atoms with Gasteiger partial charge in [-0.25, -0.2) is 0 Å². The van der Waals surface area contributed by atoms with Crippen molar-refractivity contribution in [2.75, 3.05) is 57.9 Å². The molecule has 4 heterocycles. The molecule has 210 valence electrons. The summed E-state index contributed by atoms with van der Waals surface area (Å²) in [7, 11) is 0. The molecule has 2 aliphatic rings. The van der Waals surface area contributed by atoms with Crippen molar-refractivity contribution in [2.24, 2.45) is 0 Å². The van der Waals surface area contributed by atoms with Crippen LogP contribution in [0.4, 0.5) is 5.69 Å². The molecule has 0 aliphatic carbocycles. The number of aromatic nitrogens is 2. The van der Waals surface area contributed by atoms with Crippen LogP contribution in [0, 0.1) is 0 Å². The number of hydrogen-bond donors (Lipinski definition) is 1. The lowest BCUT2D eigenvalue weighted by molar-refractivity contribution is -0.111. The van der Waals surface area contributed by atoms with Gasteiger partial charge in [-0.1, -0.05) is 37.6 Å². The van der Waals surface area contributed by atoms with Gasteiger partial charge in [0.1, 0.15) is 0 Å². The van der Waals surface area contributed by atoms with Crippen molar-refractivity contribution in [2.45, 2.75) is 32.9 Å². The number of benzene rings is 1. The lowest BCUT2D eigenvalue weighted by atomic mass is 9.97. The zero-order valence-corrected chi connectivity index (χ0v) is 23.3. The third-order valence-corrected chi connectivity index (χ3v) is 7.26. The van der Waals surface area contributed by atoms with Gasteiger partial charge in [-0.15, -0.1) is 0 Å². The number of carbonyl (C=O) groups excluding carboxylic acids is 1. The lowest BCUT2D eigenvalue weighted by Crippen LogP contribution is -2.35. The first-order valence-electron chi connectivity index (χ1n) is 14.3. The van der Waals surface area contributed by atoms with Crippen LogP contribution >= 0.6 is 0 Å². The van der Waals surface area contributed by atoms with E-state index in [-0.39, 0.29) is 5.91 Å². The predicted molar refractivity (Wildman–Crippen MR) is 158 cm³/mol. The number of anilines is 1. The average molecular weight is 542 g/mol. The Morgan fingerprint density at radius 3 is 2.17 bits per heavy atom. The minimum Gasteiger partial charge on any atom is -0.379 e. The Labute approximate surface area is 237 Å². The first kappa shape index (κ1) is 28.1. The fraction of sp³-hybridized carbons (Fsp3) is 0.406. The summed E-state index contributed by atoms with van der Waals surface area (Å²) < 4.78 is 10.9. The molecule has 0 radical (unpaired) electrons. The molecule has 0 atom stereocenters. The van der Waals surface area contributed by atoms with Crippen molar-refractivity contribution in [3.8, 4) is 11.1 Å². The van der Waals surface area contributed by atoms with Crippen LogP contribution < -0.4 is 5.32 Å². The van der Waals surface area contributed by atoms with Gasteiger partial charge < -0.3 is 14.8 Å². The van der Waals surface area contributed by atoms with Crippen molar-refractivity contribution in [1.29, 1.82) is 0 Å². The summed E-state index contributed by atoms with van der Waals surface area (Å²) in [6.07, 6.45) is 11.2. The second-order valence-corrected chi connectivity index (χ2v) is 10.4. The van der Waals surface area contributed by atoms with Crippen molar-refractivity contribution >= 4 is 17.2 Å². The number of allylic oxidation sites excluding steroid dienone is 1. The molecule has 8 heteroatoms. The Kier molecular flexibility index (Phi) is 10.0. The van der Waals surface area contributed by atoms with Gasteiger partial charge >= 0.3 is 0 Å². The number of hydrogen-bond acceptors (Lipinski definition) is 7. The van der Waals surface area contributed by atoms with Crippen molar-refractivity contribution < 1.29 is 14.3 Å².